The smallest absolute Gasteiger partial charge is 0.191 e. The number of benzene rings is 1. The molecule has 1 atom stereocenters. The summed E-state index contributed by atoms with van der Waals surface area (Å²) in [7, 11) is -1.30. The maximum absolute atomic E-state index is 13.1. The number of nitrogens with one attached hydrogen (secondary N) is 2. The van der Waals surface area contributed by atoms with Crippen LogP contribution in [-0.4, -0.2) is 77.2 Å². The highest BCUT2D eigenvalue weighted by atomic mass is 127. The number of guanidine groups is 1. The molecule has 1 aliphatic rings. The van der Waals surface area contributed by atoms with E-state index < -0.39 is 9.84 Å². The molecule has 0 saturated carbocycles. The van der Waals surface area contributed by atoms with E-state index in [2.05, 4.69) is 20.5 Å². The maximum Gasteiger partial charge on any atom is 0.191 e. The van der Waals surface area contributed by atoms with Gasteiger partial charge in [0.25, 0.3) is 0 Å². The van der Waals surface area contributed by atoms with Crippen LogP contribution in [0.1, 0.15) is 31.4 Å². The minimum Gasteiger partial charge on any atom is -0.375 e. The largest absolute Gasteiger partial charge is 0.375 e. The molecule has 10 heteroatoms. The van der Waals surface area contributed by atoms with Crippen LogP contribution in [0.2, 0.25) is 0 Å². The summed E-state index contributed by atoms with van der Waals surface area (Å²) in [6, 6.07) is 6.56. The number of aliphatic imine (C=N–C) groups is 1. The predicted molar refractivity (Wildman–Crippen MR) is 130 cm³/mol. The molecule has 0 amide bonds. The van der Waals surface area contributed by atoms with Crippen molar-refractivity contribution in [2.45, 2.75) is 31.9 Å². The molecule has 1 aliphatic heterocycles. The van der Waals surface area contributed by atoms with Gasteiger partial charge in [-0.15, -0.1) is 24.0 Å². The molecule has 0 spiro atoms. The Hall–Kier alpha value is -0.980. The van der Waals surface area contributed by atoms with Gasteiger partial charge in [0.1, 0.15) is 21.8 Å². The summed E-state index contributed by atoms with van der Waals surface area (Å²) >= 11 is 0. The fraction of sp³-hybridized carbons (Fsp3) is 0.650. The molecule has 1 aromatic rings. The van der Waals surface area contributed by atoms with E-state index in [1.165, 1.54) is 18.4 Å². The lowest BCUT2D eigenvalue weighted by Gasteiger charge is -2.33. The summed E-state index contributed by atoms with van der Waals surface area (Å²) in [5, 5.41) is 6.72. The number of rotatable bonds is 9. The van der Waals surface area contributed by atoms with Crippen molar-refractivity contribution < 1.29 is 17.5 Å². The molecule has 1 unspecified atom stereocenters. The molecule has 0 aromatic heterocycles. The Morgan fingerprint density at radius 2 is 1.93 bits per heavy atom. The lowest BCUT2D eigenvalue weighted by molar-refractivity contribution is 0.110. The van der Waals surface area contributed by atoms with Crippen LogP contribution in [0.15, 0.2) is 29.3 Å². The minimum absolute atomic E-state index is 0. The summed E-state index contributed by atoms with van der Waals surface area (Å²) in [6.07, 6.45) is 2.89. The van der Waals surface area contributed by atoms with Gasteiger partial charge in [0.15, 0.2) is 5.96 Å². The monoisotopic (exact) mass is 556 g/mol. The van der Waals surface area contributed by atoms with Crippen molar-refractivity contribution in [1.29, 1.82) is 0 Å². The number of hydrogen-bond donors (Lipinski definition) is 2. The van der Waals surface area contributed by atoms with E-state index in [1.54, 1.807) is 19.2 Å². The molecule has 2 rings (SSSR count). The SMILES string of the molecule is CCNC(=NCC(OC)c1ccc(F)cc1)NC1CCN(CCS(C)(=O)=O)CC1.I. The number of ether oxygens (including phenoxy) is 1. The second-order valence-corrected chi connectivity index (χ2v) is 9.65. The second-order valence-electron chi connectivity index (χ2n) is 7.39. The number of sulfone groups is 1. The standard InChI is InChI=1S/C20H33FN4O3S.HI/c1-4-22-20(23-15-19(28-2)16-5-7-17(21)8-6-16)24-18-9-11-25(12-10-18)13-14-29(3,26)27;/h5-8,18-19H,4,9-15H2,1-3H3,(H2,22,23,24);1H. The van der Waals surface area contributed by atoms with Crippen LogP contribution >= 0.6 is 24.0 Å². The van der Waals surface area contributed by atoms with Gasteiger partial charge in [-0.1, -0.05) is 12.1 Å². The van der Waals surface area contributed by atoms with Crippen LogP contribution < -0.4 is 10.6 Å². The third kappa shape index (κ3) is 9.88. The van der Waals surface area contributed by atoms with E-state index in [0.29, 0.717) is 13.1 Å². The highest BCUT2D eigenvalue weighted by molar-refractivity contribution is 14.0. The predicted octanol–water partition coefficient (Wildman–Crippen LogP) is 2.20. The zero-order valence-corrected chi connectivity index (χ0v) is 21.1. The van der Waals surface area contributed by atoms with Crippen LogP contribution in [0, 0.1) is 5.82 Å². The molecule has 0 radical (unpaired) electrons. The summed E-state index contributed by atoms with van der Waals surface area (Å²) < 4.78 is 41.3. The maximum atomic E-state index is 13.1. The molecule has 1 saturated heterocycles. The lowest BCUT2D eigenvalue weighted by Crippen LogP contribution is -2.49. The van der Waals surface area contributed by atoms with E-state index in [0.717, 1.165) is 44.0 Å². The van der Waals surface area contributed by atoms with Gasteiger partial charge < -0.3 is 20.3 Å². The van der Waals surface area contributed by atoms with Crippen LogP contribution in [-0.2, 0) is 14.6 Å². The van der Waals surface area contributed by atoms with E-state index in [1.807, 2.05) is 6.92 Å². The van der Waals surface area contributed by atoms with Crippen LogP contribution in [0.4, 0.5) is 4.39 Å². The average Bonchev–Trinajstić information content (AvgIpc) is 2.68. The number of hydrogen-bond acceptors (Lipinski definition) is 5. The van der Waals surface area contributed by atoms with Gasteiger partial charge in [-0.25, -0.2) is 12.8 Å². The minimum atomic E-state index is -2.93. The zero-order chi connectivity index (χ0) is 21.3. The molecule has 2 N–H and O–H groups in total. The van der Waals surface area contributed by atoms with Crippen molar-refractivity contribution in [1.82, 2.24) is 15.5 Å². The normalized spacial score (nSPS) is 17.3. The van der Waals surface area contributed by atoms with Gasteiger partial charge in [-0.05, 0) is 37.5 Å². The Morgan fingerprint density at radius 3 is 2.47 bits per heavy atom. The lowest BCUT2D eigenvalue weighted by atomic mass is 10.1. The summed E-state index contributed by atoms with van der Waals surface area (Å²) in [6.45, 7) is 5.50. The summed E-state index contributed by atoms with van der Waals surface area (Å²) in [5.74, 6) is 0.660. The Morgan fingerprint density at radius 1 is 1.30 bits per heavy atom. The van der Waals surface area contributed by atoms with Gasteiger partial charge in [-0.2, -0.15) is 0 Å². The molecule has 7 nitrogen and oxygen atoms in total. The molecule has 30 heavy (non-hydrogen) atoms. The fourth-order valence-electron chi connectivity index (χ4n) is 3.28. The topological polar surface area (TPSA) is 83.0 Å². The molecular weight excluding hydrogens is 522 g/mol. The molecule has 0 bridgehead atoms. The van der Waals surface area contributed by atoms with Crippen molar-refractivity contribution in [3.05, 3.63) is 35.6 Å². The highest BCUT2D eigenvalue weighted by Crippen LogP contribution is 2.17. The average molecular weight is 556 g/mol. The first-order valence-electron chi connectivity index (χ1n) is 10.0. The van der Waals surface area contributed by atoms with Crippen molar-refractivity contribution in [3.63, 3.8) is 0 Å². The summed E-state index contributed by atoms with van der Waals surface area (Å²) in [5.41, 5.74) is 0.882. The molecule has 1 fully saturated rings. The third-order valence-corrected chi connectivity index (χ3v) is 5.92. The first-order valence-corrected chi connectivity index (χ1v) is 12.1. The second kappa shape index (κ2) is 13.4. The van der Waals surface area contributed by atoms with Crippen molar-refractivity contribution in [2.24, 2.45) is 4.99 Å². The molecular formula is C20H34FIN4O3S. The fourth-order valence-corrected chi connectivity index (χ4v) is 3.87. The number of methoxy groups -OCH3 is 1. The first-order chi connectivity index (χ1) is 13.8. The van der Waals surface area contributed by atoms with Crippen molar-refractivity contribution >= 4 is 39.8 Å². The van der Waals surface area contributed by atoms with E-state index in [9.17, 15) is 12.8 Å². The van der Waals surface area contributed by atoms with Gasteiger partial charge in [0.2, 0.25) is 0 Å². The highest BCUT2D eigenvalue weighted by Gasteiger charge is 2.21. The van der Waals surface area contributed by atoms with Gasteiger partial charge in [0.05, 0.1) is 12.3 Å². The number of halogens is 2. The first kappa shape index (κ1) is 27.1. The number of piperidine rings is 1. The van der Waals surface area contributed by atoms with Gasteiger partial charge in [0, 0.05) is 45.6 Å². The van der Waals surface area contributed by atoms with Gasteiger partial charge >= 0.3 is 0 Å². The van der Waals surface area contributed by atoms with Crippen LogP contribution in [0.25, 0.3) is 0 Å². The quantitative estimate of drug-likeness (QED) is 0.276. The molecule has 1 heterocycles. The zero-order valence-electron chi connectivity index (χ0n) is 17.9. The van der Waals surface area contributed by atoms with E-state index in [-0.39, 0.29) is 47.7 Å². The van der Waals surface area contributed by atoms with Crippen LogP contribution in [0.3, 0.4) is 0 Å². The van der Waals surface area contributed by atoms with Crippen molar-refractivity contribution in [3.8, 4) is 0 Å². The molecule has 1 aromatic carbocycles. The van der Waals surface area contributed by atoms with Crippen LogP contribution in [0.5, 0.6) is 0 Å². The van der Waals surface area contributed by atoms with E-state index in [4.69, 9.17) is 4.74 Å². The molecule has 0 aliphatic carbocycles. The van der Waals surface area contributed by atoms with E-state index >= 15 is 0 Å². The summed E-state index contributed by atoms with van der Waals surface area (Å²) in [4.78, 5) is 6.84. The Balaban J connectivity index is 0.00000450. The number of nitrogens with zero attached hydrogens (tertiary/aromatic N) is 2. The Kier molecular flexibility index (Phi) is 12.1. The Labute approximate surface area is 196 Å². The number of likely N-dealkylation sites (tertiary alicyclic amines) is 1. The van der Waals surface area contributed by atoms with Crippen molar-refractivity contribution in [2.75, 3.05) is 51.8 Å². The van der Waals surface area contributed by atoms with Gasteiger partial charge in [-0.3, -0.25) is 4.99 Å². The Bertz CT molecular complexity index is 754. The molecule has 172 valence electrons. The third-order valence-electron chi connectivity index (χ3n) is 4.99.